The third kappa shape index (κ3) is 2.68. The molecule has 0 amide bonds. The predicted molar refractivity (Wildman–Crippen MR) is 77.4 cm³/mol. The van der Waals surface area contributed by atoms with Crippen molar-refractivity contribution >= 4 is 10.8 Å². The lowest BCUT2D eigenvalue weighted by molar-refractivity contribution is 0.149. The fraction of sp³-hybridized carbons (Fsp3) is 0.125. The second kappa shape index (κ2) is 5.46. The van der Waals surface area contributed by atoms with Crippen LogP contribution < -0.4 is 5.56 Å². The van der Waals surface area contributed by atoms with Crippen LogP contribution in [0.4, 0.5) is 4.39 Å². The minimum Gasteiger partial charge on any atom is -0.386 e. The fourth-order valence-corrected chi connectivity index (χ4v) is 2.21. The highest BCUT2D eigenvalue weighted by molar-refractivity contribution is 5.80. The zero-order valence-corrected chi connectivity index (χ0v) is 11.1. The third-order valence-electron chi connectivity index (χ3n) is 3.36. The second-order valence-corrected chi connectivity index (χ2v) is 4.79. The maximum absolute atomic E-state index is 12.9. The van der Waals surface area contributed by atoms with Gasteiger partial charge in [0, 0.05) is 5.39 Å². The summed E-state index contributed by atoms with van der Waals surface area (Å²) in [6, 6.07) is 12.7. The maximum atomic E-state index is 12.9. The molecular formula is C16H13FN2O2. The Morgan fingerprint density at radius 1 is 1.14 bits per heavy atom. The average Bonchev–Trinajstić information content (AvgIpc) is 2.51. The van der Waals surface area contributed by atoms with Crippen molar-refractivity contribution in [3.63, 3.8) is 0 Å². The van der Waals surface area contributed by atoms with Crippen LogP contribution in [-0.2, 0) is 6.54 Å². The number of hydrogen-bond acceptors (Lipinski definition) is 3. The second-order valence-electron chi connectivity index (χ2n) is 4.79. The van der Waals surface area contributed by atoms with Crippen LogP contribution in [0.25, 0.3) is 10.8 Å². The van der Waals surface area contributed by atoms with Gasteiger partial charge in [-0.3, -0.25) is 4.79 Å². The standard InChI is InChI=1S/C16H13FN2O2/c17-13-7-5-11(6-8-13)15(20)10-19-16(21)14-4-2-1-3-12(14)9-18-19/h1-9,15,20H,10H2. The molecule has 0 saturated heterocycles. The molecule has 106 valence electrons. The first kappa shape index (κ1) is 13.5. The number of nitrogens with zero attached hydrogens (tertiary/aromatic N) is 2. The van der Waals surface area contributed by atoms with Crippen molar-refractivity contribution in [1.29, 1.82) is 0 Å². The molecule has 0 aliphatic carbocycles. The third-order valence-corrected chi connectivity index (χ3v) is 3.36. The van der Waals surface area contributed by atoms with Gasteiger partial charge in [-0.2, -0.15) is 5.10 Å². The van der Waals surface area contributed by atoms with Gasteiger partial charge < -0.3 is 5.11 Å². The van der Waals surface area contributed by atoms with Crippen LogP contribution in [-0.4, -0.2) is 14.9 Å². The van der Waals surface area contributed by atoms with Crippen molar-refractivity contribution in [2.45, 2.75) is 12.6 Å². The molecule has 0 bridgehead atoms. The zero-order chi connectivity index (χ0) is 14.8. The summed E-state index contributed by atoms with van der Waals surface area (Å²) in [6.07, 6.45) is 0.672. The molecule has 0 aliphatic rings. The van der Waals surface area contributed by atoms with Gasteiger partial charge in [0.15, 0.2) is 0 Å². The summed E-state index contributed by atoms with van der Waals surface area (Å²) < 4.78 is 14.1. The molecule has 0 spiro atoms. The van der Waals surface area contributed by atoms with E-state index < -0.39 is 6.10 Å². The maximum Gasteiger partial charge on any atom is 0.274 e. The average molecular weight is 284 g/mol. The van der Waals surface area contributed by atoms with Crippen LogP contribution in [0.15, 0.2) is 59.5 Å². The Labute approximate surface area is 120 Å². The summed E-state index contributed by atoms with van der Waals surface area (Å²) in [5.74, 6) is -0.369. The molecule has 2 aromatic carbocycles. The molecule has 4 nitrogen and oxygen atoms in total. The number of fused-ring (bicyclic) bond motifs is 1. The minimum absolute atomic E-state index is 0.0231. The molecule has 1 atom stereocenters. The van der Waals surface area contributed by atoms with E-state index in [0.717, 1.165) is 5.39 Å². The summed E-state index contributed by atoms with van der Waals surface area (Å²) in [7, 11) is 0. The highest BCUT2D eigenvalue weighted by atomic mass is 19.1. The van der Waals surface area contributed by atoms with Gasteiger partial charge in [0.25, 0.3) is 5.56 Å². The highest BCUT2D eigenvalue weighted by Gasteiger charge is 2.11. The number of aliphatic hydroxyl groups is 1. The lowest BCUT2D eigenvalue weighted by Crippen LogP contribution is -2.25. The Morgan fingerprint density at radius 2 is 1.86 bits per heavy atom. The summed E-state index contributed by atoms with van der Waals surface area (Å²) in [5, 5.41) is 15.5. The first-order chi connectivity index (χ1) is 10.1. The SMILES string of the molecule is O=c1c2ccccc2cnn1CC(O)c1ccc(F)cc1. The van der Waals surface area contributed by atoms with Crippen molar-refractivity contribution < 1.29 is 9.50 Å². The quantitative estimate of drug-likeness (QED) is 0.802. The molecule has 3 aromatic rings. The van der Waals surface area contributed by atoms with Crippen molar-refractivity contribution in [1.82, 2.24) is 9.78 Å². The Hall–Kier alpha value is -2.53. The van der Waals surface area contributed by atoms with E-state index >= 15 is 0 Å². The first-order valence-corrected chi connectivity index (χ1v) is 6.53. The van der Waals surface area contributed by atoms with Gasteiger partial charge in [-0.1, -0.05) is 30.3 Å². The Balaban J connectivity index is 1.93. The molecule has 1 aromatic heterocycles. The number of rotatable bonds is 3. The van der Waals surface area contributed by atoms with Gasteiger partial charge in [0.2, 0.25) is 0 Å². The number of aromatic nitrogens is 2. The molecule has 0 aliphatic heterocycles. The summed E-state index contributed by atoms with van der Waals surface area (Å²) in [4.78, 5) is 12.3. The van der Waals surface area contributed by atoms with Crippen LogP contribution >= 0.6 is 0 Å². The highest BCUT2D eigenvalue weighted by Crippen LogP contribution is 2.15. The molecule has 1 unspecified atom stereocenters. The minimum atomic E-state index is -0.919. The van der Waals surface area contributed by atoms with E-state index in [9.17, 15) is 14.3 Å². The normalized spacial score (nSPS) is 12.5. The largest absolute Gasteiger partial charge is 0.386 e. The molecule has 0 fully saturated rings. The van der Waals surface area contributed by atoms with Crippen LogP contribution in [0.2, 0.25) is 0 Å². The molecule has 1 N–H and O–H groups in total. The molecule has 0 saturated carbocycles. The molecule has 1 heterocycles. The molecule has 21 heavy (non-hydrogen) atoms. The van der Waals surface area contributed by atoms with E-state index in [1.807, 2.05) is 12.1 Å². The zero-order valence-electron chi connectivity index (χ0n) is 11.1. The van der Waals surface area contributed by atoms with E-state index in [4.69, 9.17) is 0 Å². The number of aliphatic hydroxyl groups excluding tert-OH is 1. The van der Waals surface area contributed by atoms with Crippen molar-refractivity contribution in [2.24, 2.45) is 0 Å². The summed E-state index contributed by atoms with van der Waals surface area (Å²) >= 11 is 0. The lowest BCUT2D eigenvalue weighted by Gasteiger charge is -2.12. The topological polar surface area (TPSA) is 55.1 Å². The van der Waals surface area contributed by atoms with E-state index in [-0.39, 0.29) is 17.9 Å². The van der Waals surface area contributed by atoms with Gasteiger partial charge in [0.1, 0.15) is 5.82 Å². The number of hydrogen-bond donors (Lipinski definition) is 1. The summed E-state index contributed by atoms with van der Waals surface area (Å²) in [6.45, 7) is 0.0231. The van der Waals surface area contributed by atoms with Gasteiger partial charge in [-0.15, -0.1) is 0 Å². The van der Waals surface area contributed by atoms with Crippen LogP contribution in [0.5, 0.6) is 0 Å². The van der Waals surface area contributed by atoms with Crippen molar-refractivity contribution in [2.75, 3.05) is 0 Å². The molecular weight excluding hydrogens is 271 g/mol. The van der Waals surface area contributed by atoms with E-state index in [1.165, 1.54) is 28.9 Å². The van der Waals surface area contributed by atoms with Crippen LogP contribution in [0.1, 0.15) is 11.7 Å². The smallest absolute Gasteiger partial charge is 0.274 e. The molecule has 3 rings (SSSR count). The van der Waals surface area contributed by atoms with Crippen LogP contribution in [0.3, 0.4) is 0 Å². The molecule has 5 heteroatoms. The molecule has 0 radical (unpaired) electrons. The summed E-state index contributed by atoms with van der Waals surface area (Å²) in [5.41, 5.74) is 0.285. The fourth-order valence-electron chi connectivity index (χ4n) is 2.21. The van der Waals surface area contributed by atoms with Crippen molar-refractivity contribution in [3.8, 4) is 0 Å². The van der Waals surface area contributed by atoms with Gasteiger partial charge in [-0.25, -0.2) is 9.07 Å². The first-order valence-electron chi connectivity index (χ1n) is 6.53. The Bertz CT molecular complexity index is 828. The van der Waals surface area contributed by atoms with Crippen LogP contribution in [0, 0.1) is 5.82 Å². The monoisotopic (exact) mass is 284 g/mol. The van der Waals surface area contributed by atoms with E-state index in [2.05, 4.69) is 5.10 Å². The predicted octanol–water partition coefficient (Wildman–Crippen LogP) is 2.27. The van der Waals surface area contributed by atoms with E-state index in [1.54, 1.807) is 18.3 Å². The van der Waals surface area contributed by atoms with E-state index in [0.29, 0.717) is 10.9 Å². The Morgan fingerprint density at radius 3 is 2.62 bits per heavy atom. The lowest BCUT2D eigenvalue weighted by atomic mass is 10.1. The van der Waals surface area contributed by atoms with Crippen molar-refractivity contribution in [3.05, 3.63) is 76.5 Å². The van der Waals surface area contributed by atoms with Gasteiger partial charge >= 0.3 is 0 Å². The van der Waals surface area contributed by atoms with Gasteiger partial charge in [-0.05, 0) is 23.8 Å². The van der Waals surface area contributed by atoms with Gasteiger partial charge in [0.05, 0.1) is 24.2 Å². The number of halogens is 1. The Kier molecular flexibility index (Phi) is 3.50. The number of benzene rings is 2.